The zero-order chi connectivity index (χ0) is 22.1. The van der Waals surface area contributed by atoms with E-state index in [2.05, 4.69) is 55.8 Å². The van der Waals surface area contributed by atoms with Crippen LogP contribution in [0.3, 0.4) is 0 Å². The molecule has 0 amide bonds. The predicted octanol–water partition coefficient (Wildman–Crippen LogP) is 6.45. The van der Waals surface area contributed by atoms with Gasteiger partial charge < -0.3 is 9.88 Å². The van der Waals surface area contributed by atoms with Crippen molar-refractivity contribution in [3.8, 4) is 33.9 Å². The number of imidazole rings is 1. The number of hydrogen-bond donors (Lipinski definition) is 1. The third-order valence-electron chi connectivity index (χ3n) is 5.63. The summed E-state index contributed by atoms with van der Waals surface area (Å²) in [5.41, 5.74) is 10.3. The molecule has 0 unspecified atom stereocenters. The number of hydrogen-bond acceptors (Lipinski definition) is 3. The summed E-state index contributed by atoms with van der Waals surface area (Å²) in [4.78, 5) is 15.1. The molecule has 0 fully saturated rings. The van der Waals surface area contributed by atoms with Crippen LogP contribution in [0.1, 0.15) is 22.3 Å². The van der Waals surface area contributed by atoms with Gasteiger partial charge in [-0.25, -0.2) is 4.98 Å². The third-order valence-corrected chi connectivity index (χ3v) is 5.88. The SMILES string of the molecule is Cc1cc(C)c(-c2nc(-c3ccc(Cl)cc3)c(-c3ccncc3)[nH]2)c(C)c1CN(C)C. The smallest absolute Gasteiger partial charge is 0.139 e. The Kier molecular flexibility index (Phi) is 5.94. The Morgan fingerprint density at radius 3 is 2.23 bits per heavy atom. The molecule has 0 aliphatic carbocycles. The van der Waals surface area contributed by atoms with Crippen LogP contribution in [0.4, 0.5) is 0 Å². The van der Waals surface area contributed by atoms with Crippen molar-refractivity contribution in [1.29, 1.82) is 0 Å². The molecule has 0 bridgehead atoms. The van der Waals surface area contributed by atoms with Crippen molar-refractivity contribution in [2.45, 2.75) is 27.3 Å². The van der Waals surface area contributed by atoms with Gasteiger partial charge in [0.1, 0.15) is 5.82 Å². The first kappa shape index (κ1) is 21.3. The van der Waals surface area contributed by atoms with E-state index in [1.165, 1.54) is 22.3 Å². The molecule has 0 spiro atoms. The molecule has 0 aliphatic heterocycles. The topological polar surface area (TPSA) is 44.8 Å². The maximum atomic E-state index is 6.13. The molecule has 5 heteroatoms. The van der Waals surface area contributed by atoms with Crippen LogP contribution in [0, 0.1) is 20.8 Å². The molecule has 0 saturated heterocycles. The lowest BCUT2D eigenvalue weighted by Crippen LogP contribution is -2.14. The summed E-state index contributed by atoms with van der Waals surface area (Å²) in [5.74, 6) is 0.881. The second kappa shape index (κ2) is 8.66. The first-order valence-electron chi connectivity index (χ1n) is 10.4. The Balaban J connectivity index is 1.94. The number of aromatic amines is 1. The average Bonchev–Trinajstić information content (AvgIpc) is 3.17. The standard InChI is InChI=1S/C26H27ClN4/c1-16-14-17(2)23(18(3)22(16)15-31(4)5)26-29-24(19-6-8-21(27)9-7-19)25(30-26)20-10-12-28-13-11-20/h6-14H,15H2,1-5H3,(H,29,30). The van der Waals surface area contributed by atoms with Gasteiger partial charge in [0.15, 0.2) is 0 Å². The monoisotopic (exact) mass is 430 g/mol. The molecule has 0 radical (unpaired) electrons. The van der Waals surface area contributed by atoms with Crippen molar-refractivity contribution in [2.75, 3.05) is 14.1 Å². The summed E-state index contributed by atoms with van der Waals surface area (Å²) in [6.45, 7) is 7.44. The summed E-state index contributed by atoms with van der Waals surface area (Å²) in [6.07, 6.45) is 3.61. The number of nitrogens with zero attached hydrogens (tertiary/aromatic N) is 3. The van der Waals surface area contributed by atoms with Gasteiger partial charge in [0.2, 0.25) is 0 Å². The number of nitrogens with one attached hydrogen (secondary N) is 1. The van der Waals surface area contributed by atoms with Crippen molar-refractivity contribution in [3.05, 3.63) is 82.1 Å². The van der Waals surface area contributed by atoms with Gasteiger partial charge in [-0.05, 0) is 81.4 Å². The van der Waals surface area contributed by atoms with Crippen LogP contribution in [0.5, 0.6) is 0 Å². The molecular weight excluding hydrogens is 404 g/mol. The zero-order valence-corrected chi connectivity index (χ0v) is 19.4. The highest BCUT2D eigenvalue weighted by molar-refractivity contribution is 6.30. The molecule has 0 atom stereocenters. The highest BCUT2D eigenvalue weighted by Crippen LogP contribution is 2.36. The highest BCUT2D eigenvalue weighted by atomic mass is 35.5. The number of pyridine rings is 1. The van der Waals surface area contributed by atoms with E-state index in [-0.39, 0.29) is 0 Å². The molecular formula is C26H27ClN4. The maximum Gasteiger partial charge on any atom is 0.139 e. The molecule has 0 aliphatic rings. The Labute approximate surface area is 189 Å². The lowest BCUT2D eigenvalue weighted by Gasteiger charge is -2.19. The van der Waals surface area contributed by atoms with Crippen LogP contribution in [-0.2, 0) is 6.54 Å². The van der Waals surface area contributed by atoms with E-state index in [0.717, 1.165) is 40.4 Å². The molecule has 1 N–H and O–H groups in total. The fourth-order valence-electron chi connectivity index (χ4n) is 4.19. The molecule has 2 aromatic heterocycles. The van der Waals surface area contributed by atoms with E-state index in [9.17, 15) is 0 Å². The van der Waals surface area contributed by atoms with Crippen LogP contribution in [-0.4, -0.2) is 33.9 Å². The molecule has 2 heterocycles. The van der Waals surface area contributed by atoms with Gasteiger partial charge in [-0.2, -0.15) is 0 Å². The molecule has 0 saturated carbocycles. The van der Waals surface area contributed by atoms with Crippen molar-refractivity contribution in [3.63, 3.8) is 0 Å². The number of halogens is 1. The van der Waals surface area contributed by atoms with Crippen molar-refractivity contribution < 1.29 is 0 Å². The van der Waals surface area contributed by atoms with Gasteiger partial charge in [-0.15, -0.1) is 0 Å². The second-order valence-electron chi connectivity index (χ2n) is 8.28. The van der Waals surface area contributed by atoms with Crippen LogP contribution >= 0.6 is 11.6 Å². The molecule has 4 aromatic rings. The van der Waals surface area contributed by atoms with Crippen LogP contribution in [0.2, 0.25) is 5.02 Å². The summed E-state index contributed by atoms with van der Waals surface area (Å²) in [7, 11) is 4.21. The fraction of sp³-hybridized carbons (Fsp3) is 0.231. The van der Waals surface area contributed by atoms with E-state index in [1.807, 2.05) is 36.4 Å². The van der Waals surface area contributed by atoms with Crippen LogP contribution in [0.25, 0.3) is 33.9 Å². The predicted molar refractivity (Wildman–Crippen MR) is 129 cm³/mol. The average molecular weight is 431 g/mol. The normalized spacial score (nSPS) is 11.3. The maximum absolute atomic E-state index is 6.13. The molecule has 2 aromatic carbocycles. The number of H-pyrrole nitrogens is 1. The molecule has 31 heavy (non-hydrogen) atoms. The first-order chi connectivity index (χ1) is 14.8. The minimum Gasteiger partial charge on any atom is -0.337 e. The van der Waals surface area contributed by atoms with Crippen molar-refractivity contribution in [1.82, 2.24) is 19.9 Å². The van der Waals surface area contributed by atoms with Crippen molar-refractivity contribution in [2.24, 2.45) is 0 Å². The van der Waals surface area contributed by atoms with Crippen LogP contribution in [0.15, 0.2) is 54.9 Å². The van der Waals surface area contributed by atoms with E-state index in [1.54, 1.807) is 12.4 Å². The quantitative estimate of drug-likeness (QED) is 0.396. The molecule has 4 nitrogen and oxygen atoms in total. The van der Waals surface area contributed by atoms with Crippen LogP contribution < -0.4 is 0 Å². The van der Waals surface area contributed by atoms with Gasteiger partial charge in [0.25, 0.3) is 0 Å². The summed E-state index contributed by atoms with van der Waals surface area (Å²) < 4.78 is 0. The Hall–Kier alpha value is -2.95. The van der Waals surface area contributed by atoms with Gasteiger partial charge >= 0.3 is 0 Å². The van der Waals surface area contributed by atoms with E-state index in [4.69, 9.17) is 16.6 Å². The zero-order valence-electron chi connectivity index (χ0n) is 18.6. The van der Waals surface area contributed by atoms with E-state index in [0.29, 0.717) is 5.02 Å². The van der Waals surface area contributed by atoms with Gasteiger partial charge in [-0.1, -0.05) is 29.8 Å². The summed E-state index contributed by atoms with van der Waals surface area (Å²) in [6, 6.07) is 14.1. The third kappa shape index (κ3) is 4.27. The Bertz CT molecular complexity index is 1210. The Morgan fingerprint density at radius 2 is 1.58 bits per heavy atom. The second-order valence-corrected chi connectivity index (χ2v) is 8.71. The fourth-order valence-corrected chi connectivity index (χ4v) is 4.31. The molecule has 4 rings (SSSR count). The minimum absolute atomic E-state index is 0.712. The number of rotatable bonds is 5. The largest absolute Gasteiger partial charge is 0.337 e. The van der Waals surface area contributed by atoms with Gasteiger partial charge in [-0.3, -0.25) is 4.98 Å². The number of benzene rings is 2. The lowest BCUT2D eigenvalue weighted by atomic mass is 9.92. The van der Waals surface area contributed by atoms with E-state index >= 15 is 0 Å². The van der Waals surface area contributed by atoms with E-state index < -0.39 is 0 Å². The molecule has 158 valence electrons. The number of aromatic nitrogens is 3. The summed E-state index contributed by atoms with van der Waals surface area (Å²) >= 11 is 6.13. The highest BCUT2D eigenvalue weighted by Gasteiger charge is 2.20. The van der Waals surface area contributed by atoms with Gasteiger partial charge in [0.05, 0.1) is 11.4 Å². The minimum atomic E-state index is 0.712. The Morgan fingerprint density at radius 1 is 0.903 bits per heavy atom. The lowest BCUT2D eigenvalue weighted by molar-refractivity contribution is 0.400. The van der Waals surface area contributed by atoms with Gasteiger partial charge in [0, 0.05) is 40.7 Å². The van der Waals surface area contributed by atoms with Crippen molar-refractivity contribution >= 4 is 11.6 Å². The summed E-state index contributed by atoms with van der Waals surface area (Å²) in [5, 5.41) is 0.712. The number of aryl methyl sites for hydroxylation is 2. The first-order valence-corrected chi connectivity index (χ1v) is 10.7.